The van der Waals surface area contributed by atoms with Crippen molar-refractivity contribution in [2.24, 2.45) is 5.92 Å². The maximum absolute atomic E-state index is 6.43. The van der Waals surface area contributed by atoms with E-state index in [2.05, 4.69) is 18.3 Å². The molecule has 3 heteroatoms. The van der Waals surface area contributed by atoms with Crippen molar-refractivity contribution in [3.05, 3.63) is 33.8 Å². The maximum atomic E-state index is 6.43. The van der Waals surface area contributed by atoms with Gasteiger partial charge >= 0.3 is 0 Å². The van der Waals surface area contributed by atoms with E-state index < -0.39 is 0 Å². The summed E-state index contributed by atoms with van der Waals surface area (Å²) in [6.45, 7) is 4.29. The monoisotopic (exact) mass is 299 g/mol. The van der Waals surface area contributed by atoms with Gasteiger partial charge in [0.1, 0.15) is 0 Å². The van der Waals surface area contributed by atoms with E-state index in [9.17, 15) is 0 Å². The van der Waals surface area contributed by atoms with E-state index in [0.29, 0.717) is 16.9 Å². The summed E-state index contributed by atoms with van der Waals surface area (Å²) in [5.74, 6) is 1.23. The number of hydrogen-bond acceptors (Lipinski definition) is 1. The van der Waals surface area contributed by atoms with E-state index in [1.165, 1.54) is 37.7 Å². The topological polar surface area (TPSA) is 12.0 Å². The molecule has 1 fully saturated rings. The van der Waals surface area contributed by atoms with Crippen molar-refractivity contribution in [1.82, 2.24) is 5.32 Å². The zero-order valence-electron chi connectivity index (χ0n) is 11.6. The van der Waals surface area contributed by atoms with E-state index >= 15 is 0 Å². The lowest BCUT2D eigenvalue weighted by atomic mass is 9.82. The number of hydrogen-bond donors (Lipinski definition) is 1. The van der Waals surface area contributed by atoms with Crippen LogP contribution in [0, 0.1) is 5.92 Å². The van der Waals surface area contributed by atoms with Crippen LogP contribution in [0.3, 0.4) is 0 Å². The molecule has 106 valence electrons. The molecule has 2 rings (SSSR count). The van der Waals surface area contributed by atoms with E-state index in [4.69, 9.17) is 23.2 Å². The Kier molecular flexibility index (Phi) is 6.00. The summed E-state index contributed by atoms with van der Waals surface area (Å²) in [4.78, 5) is 0. The lowest BCUT2D eigenvalue weighted by Gasteiger charge is -2.27. The molecule has 2 unspecified atom stereocenters. The van der Waals surface area contributed by atoms with Crippen molar-refractivity contribution in [3.8, 4) is 0 Å². The van der Waals surface area contributed by atoms with Crippen molar-refractivity contribution < 1.29 is 0 Å². The lowest BCUT2D eigenvalue weighted by molar-refractivity contribution is 0.379. The molecule has 1 saturated carbocycles. The van der Waals surface area contributed by atoms with Crippen molar-refractivity contribution in [2.75, 3.05) is 13.1 Å². The van der Waals surface area contributed by atoms with E-state index in [-0.39, 0.29) is 0 Å². The highest BCUT2D eigenvalue weighted by atomic mass is 35.5. The van der Waals surface area contributed by atoms with Crippen molar-refractivity contribution in [2.45, 2.75) is 44.9 Å². The van der Waals surface area contributed by atoms with Crippen LogP contribution in [-0.4, -0.2) is 13.1 Å². The van der Waals surface area contributed by atoms with Crippen molar-refractivity contribution in [3.63, 3.8) is 0 Å². The molecule has 0 heterocycles. The van der Waals surface area contributed by atoms with E-state index in [1.54, 1.807) is 0 Å². The number of benzene rings is 1. The van der Waals surface area contributed by atoms with Crippen LogP contribution in [0.25, 0.3) is 0 Å². The van der Waals surface area contributed by atoms with E-state index in [1.807, 2.05) is 12.1 Å². The van der Waals surface area contributed by atoms with Gasteiger partial charge in [-0.25, -0.2) is 0 Å². The van der Waals surface area contributed by atoms with Gasteiger partial charge in [-0.15, -0.1) is 0 Å². The highest BCUT2D eigenvalue weighted by Crippen LogP contribution is 2.41. The molecule has 0 saturated heterocycles. The first-order valence-corrected chi connectivity index (χ1v) is 8.14. The Morgan fingerprint density at radius 3 is 2.74 bits per heavy atom. The number of rotatable bonds is 4. The zero-order valence-corrected chi connectivity index (χ0v) is 13.1. The highest BCUT2D eigenvalue weighted by molar-refractivity contribution is 6.42. The Bertz CT molecular complexity index is 406. The first kappa shape index (κ1) is 15.2. The Hall–Kier alpha value is -0.240. The number of halogens is 2. The van der Waals surface area contributed by atoms with Gasteiger partial charge in [0.25, 0.3) is 0 Å². The molecule has 1 aliphatic rings. The summed E-state index contributed by atoms with van der Waals surface area (Å²) in [6, 6.07) is 6.06. The Morgan fingerprint density at radius 2 is 1.95 bits per heavy atom. The number of nitrogens with one attached hydrogen (secondary N) is 1. The minimum absolute atomic E-state index is 0.549. The molecule has 0 aromatic heterocycles. The third-order valence-corrected chi connectivity index (χ3v) is 5.03. The predicted octanol–water partition coefficient (Wildman–Crippen LogP) is 5.27. The molecule has 1 N–H and O–H groups in total. The second kappa shape index (κ2) is 7.52. The van der Waals surface area contributed by atoms with Crippen LogP contribution < -0.4 is 5.32 Å². The van der Waals surface area contributed by atoms with Gasteiger partial charge in [-0.05, 0) is 49.4 Å². The first-order valence-electron chi connectivity index (χ1n) is 7.38. The molecule has 1 aromatic carbocycles. The van der Waals surface area contributed by atoms with Crippen molar-refractivity contribution >= 4 is 23.2 Å². The third-order valence-electron chi connectivity index (χ3n) is 4.20. The fourth-order valence-corrected chi connectivity index (χ4v) is 3.62. The van der Waals surface area contributed by atoms with Crippen LogP contribution in [0.5, 0.6) is 0 Å². The molecule has 1 aliphatic carbocycles. The summed E-state index contributed by atoms with van der Waals surface area (Å²) < 4.78 is 0. The summed E-state index contributed by atoms with van der Waals surface area (Å²) in [5.41, 5.74) is 1.25. The standard InChI is InChI=1S/C16H23Cl2N/c1-2-19-11-12-7-4-3-5-8-13(12)14-9-6-10-15(17)16(14)18/h6,9-10,12-13,19H,2-5,7-8,11H2,1H3. The van der Waals surface area contributed by atoms with Gasteiger partial charge < -0.3 is 5.32 Å². The Morgan fingerprint density at radius 1 is 1.16 bits per heavy atom. The molecule has 0 spiro atoms. The molecule has 0 amide bonds. The van der Waals surface area contributed by atoms with Crippen LogP contribution in [0.2, 0.25) is 10.0 Å². The van der Waals surface area contributed by atoms with Gasteiger partial charge in [0.05, 0.1) is 10.0 Å². The maximum Gasteiger partial charge on any atom is 0.0627 e. The van der Waals surface area contributed by atoms with Gasteiger partial charge in [-0.3, -0.25) is 0 Å². The van der Waals surface area contributed by atoms with Crippen LogP contribution in [0.4, 0.5) is 0 Å². The zero-order chi connectivity index (χ0) is 13.7. The first-order chi connectivity index (χ1) is 9.24. The van der Waals surface area contributed by atoms with Crippen LogP contribution in [0.1, 0.15) is 50.5 Å². The molecule has 0 radical (unpaired) electrons. The largest absolute Gasteiger partial charge is 0.317 e. The average molecular weight is 300 g/mol. The van der Waals surface area contributed by atoms with Gasteiger partial charge in [0, 0.05) is 0 Å². The molecule has 1 nitrogen and oxygen atoms in total. The second-order valence-electron chi connectivity index (χ2n) is 5.46. The molecule has 19 heavy (non-hydrogen) atoms. The highest BCUT2D eigenvalue weighted by Gasteiger charge is 2.26. The Labute approximate surface area is 126 Å². The normalized spacial score (nSPS) is 24.2. The second-order valence-corrected chi connectivity index (χ2v) is 6.24. The molecule has 0 bridgehead atoms. The van der Waals surface area contributed by atoms with Gasteiger partial charge in [-0.1, -0.05) is 61.5 Å². The summed E-state index contributed by atoms with van der Waals surface area (Å²) >= 11 is 12.6. The lowest BCUT2D eigenvalue weighted by Crippen LogP contribution is -2.26. The van der Waals surface area contributed by atoms with Gasteiger partial charge in [0.2, 0.25) is 0 Å². The van der Waals surface area contributed by atoms with Crippen molar-refractivity contribution in [1.29, 1.82) is 0 Å². The summed E-state index contributed by atoms with van der Waals surface area (Å²) in [7, 11) is 0. The fourth-order valence-electron chi connectivity index (χ4n) is 3.17. The average Bonchev–Trinajstić information content (AvgIpc) is 2.65. The molecule has 1 aromatic rings. The summed E-state index contributed by atoms with van der Waals surface area (Å²) in [5, 5.41) is 4.95. The molecule has 2 atom stereocenters. The smallest absolute Gasteiger partial charge is 0.0627 e. The Balaban J connectivity index is 2.23. The predicted molar refractivity (Wildman–Crippen MR) is 84.3 cm³/mol. The van der Waals surface area contributed by atoms with Crippen LogP contribution >= 0.6 is 23.2 Å². The molecular formula is C16H23Cl2N. The molecule has 0 aliphatic heterocycles. The van der Waals surface area contributed by atoms with Crippen LogP contribution in [0.15, 0.2) is 18.2 Å². The quantitative estimate of drug-likeness (QED) is 0.747. The van der Waals surface area contributed by atoms with Gasteiger partial charge in [0.15, 0.2) is 0 Å². The fraction of sp³-hybridized carbons (Fsp3) is 0.625. The SMILES string of the molecule is CCNCC1CCCCCC1c1cccc(Cl)c1Cl. The third kappa shape index (κ3) is 3.87. The van der Waals surface area contributed by atoms with E-state index in [0.717, 1.165) is 18.1 Å². The van der Waals surface area contributed by atoms with Crippen LogP contribution in [-0.2, 0) is 0 Å². The van der Waals surface area contributed by atoms with Gasteiger partial charge in [-0.2, -0.15) is 0 Å². The minimum Gasteiger partial charge on any atom is -0.317 e. The molecular weight excluding hydrogens is 277 g/mol. The minimum atomic E-state index is 0.549. The summed E-state index contributed by atoms with van der Waals surface area (Å²) in [6.07, 6.45) is 6.51.